The predicted molar refractivity (Wildman–Crippen MR) is 75.8 cm³/mol. The van der Waals surface area contributed by atoms with Crippen molar-refractivity contribution in [3.8, 4) is 0 Å². The zero-order valence-electron chi connectivity index (χ0n) is 12.3. The van der Waals surface area contributed by atoms with E-state index in [2.05, 4.69) is 37.6 Å². The summed E-state index contributed by atoms with van der Waals surface area (Å²) in [5, 5.41) is 3.42. The number of aromatic nitrogens is 2. The molecule has 1 aromatic heterocycles. The maximum Gasteiger partial charge on any atom is 0.111 e. The van der Waals surface area contributed by atoms with Crippen molar-refractivity contribution in [1.82, 2.24) is 14.9 Å². The molecule has 0 atom stereocenters. The smallest absolute Gasteiger partial charge is 0.111 e. The fourth-order valence-electron chi connectivity index (χ4n) is 2.74. The van der Waals surface area contributed by atoms with E-state index >= 15 is 0 Å². The van der Waals surface area contributed by atoms with Crippen molar-refractivity contribution in [3.63, 3.8) is 0 Å². The van der Waals surface area contributed by atoms with Gasteiger partial charge in [0.15, 0.2) is 0 Å². The van der Waals surface area contributed by atoms with Crippen molar-refractivity contribution in [2.75, 3.05) is 6.54 Å². The number of nitrogens with one attached hydrogen (secondary N) is 1. The Morgan fingerprint density at radius 2 is 2.06 bits per heavy atom. The molecular formula is C15H27N3. The van der Waals surface area contributed by atoms with Gasteiger partial charge in [0, 0.05) is 37.7 Å². The van der Waals surface area contributed by atoms with Crippen LogP contribution in [0.5, 0.6) is 0 Å². The highest BCUT2D eigenvalue weighted by Crippen LogP contribution is 2.22. The average molecular weight is 249 g/mol. The highest BCUT2D eigenvalue weighted by molar-refractivity contribution is 5.21. The SMILES string of the molecule is CC(C)CCCn1c(C(C)C)nc2c1CCNC2. The van der Waals surface area contributed by atoms with Gasteiger partial charge in [-0.15, -0.1) is 0 Å². The number of nitrogens with zero attached hydrogens (tertiary/aromatic N) is 2. The molecule has 0 unspecified atom stereocenters. The summed E-state index contributed by atoms with van der Waals surface area (Å²) in [6.45, 7) is 12.3. The Bertz CT molecular complexity index is 391. The van der Waals surface area contributed by atoms with Crippen LogP contribution >= 0.6 is 0 Å². The molecule has 0 radical (unpaired) electrons. The third kappa shape index (κ3) is 2.94. The van der Waals surface area contributed by atoms with Crippen molar-refractivity contribution >= 4 is 0 Å². The first-order chi connectivity index (χ1) is 8.59. The molecule has 3 heteroatoms. The molecule has 2 rings (SSSR count). The average Bonchev–Trinajstić information content (AvgIpc) is 2.68. The highest BCUT2D eigenvalue weighted by Gasteiger charge is 2.20. The summed E-state index contributed by atoms with van der Waals surface area (Å²) in [5.41, 5.74) is 2.77. The molecule has 0 aliphatic carbocycles. The summed E-state index contributed by atoms with van der Waals surface area (Å²) in [4.78, 5) is 4.85. The summed E-state index contributed by atoms with van der Waals surface area (Å²) in [6.07, 6.45) is 3.72. The van der Waals surface area contributed by atoms with Gasteiger partial charge in [-0.25, -0.2) is 4.98 Å². The van der Waals surface area contributed by atoms with E-state index in [9.17, 15) is 0 Å². The van der Waals surface area contributed by atoms with Crippen LogP contribution in [0.3, 0.4) is 0 Å². The van der Waals surface area contributed by atoms with Crippen LogP contribution in [0.25, 0.3) is 0 Å². The molecule has 1 aromatic rings. The first kappa shape index (κ1) is 13.6. The van der Waals surface area contributed by atoms with E-state index in [0.717, 1.165) is 32.0 Å². The second-order valence-electron chi connectivity index (χ2n) is 6.13. The van der Waals surface area contributed by atoms with E-state index < -0.39 is 0 Å². The lowest BCUT2D eigenvalue weighted by Gasteiger charge is -2.17. The third-order valence-corrected chi connectivity index (χ3v) is 3.70. The lowest BCUT2D eigenvalue weighted by Crippen LogP contribution is -2.25. The standard InChI is InChI=1S/C15H27N3/c1-11(2)6-5-9-18-14-7-8-16-10-13(14)17-15(18)12(3)4/h11-12,16H,5-10H2,1-4H3. The van der Waals surface area contributed by atoms with Gasteiger partial charge in [-0.1, -0.05) is 27.7 Å². The molecule has 0 saturated carbocycles. The van der Waals surface area contributed by atoms with Gasteiger partial charge < -0.3 is 9.88 Å². The van der Waals surface area contributed by atoms with Crippen LogP contribution in [0, 0.1) is 5.92 Å². The molecule has 3 nitrogen and oxygen atoms in total. The predicted octanol–water partition coefficient (Wildman–Crippen LogP) is 3.09. The topological polar surface area (TPSA) is 29.9 Å². The molecule has 0 saturated heterocycles. The minimum atomic E-state index is 0.523. The van der Waals surface area contributed by atoms with Crippen LogP contribution in [-0.2, 0) is 19.5 Å². The van der Waals surface area contributed by atoms with Crippen LogP contribution in [0.4, 0.5) is 0 Å². The summed E-state index contributed by atoms with van der Waals surface area (Å²) in [7, 11) is 0. The highest BCUT2D eigenvalue weighted by atomic mass is 15.1. The third-order valence-electron chi connectivity index (χ3n) is 3.70. The van der Waals surface area contributed by atoms with Crippen molar-refractivity contribution in [2.45, 2.75) is 66.0 Å². The molecule has 0 spiro atoms. The second kappa shape index (κ2) is 5.87. The van der Waals surface area contributed by atoms with Crippen molar-refractivity contribution in [2.24, 2.45) is 5.92 Å². The van der Waals surface area contributed by atoms with Crippen molar-refractivity contribution in [1.29, 1.82) is 0 Å². The Kier molecular flexibility index (Phi) is 4.44. The fourth-order valence-corrected chi connectivity index (χ4v) is 2.74. The molecular weight excluding hydrogens is 222 g/mol. The van der Waals surface area contributed by atoms with E-state index in [1.165, 1.54) is 30.1 Å². The Morgan fingerprint density at radius 3 is 2.72 bits per heavy atom. The largest absolute Gasteiger partial charge is 0.331 e. The number of fused-ring (bicyclic) bond motifs is 1. The van der Waals surface area contributed by atoms with Crippen LogP contribution in [0.2, 0.25) is 0 Å². The minimum Gasteiger partial charge on any atom is -0.331 e. The number of hydrogen-bond acceptors (Lipinski definition) is 2. The molecule has 0 aromatic carbocycles. The first-order valence-corrected chi connectivity index (χ1v) is 7.38. The summed E-state index contributed by atoms with van der Waals surface area (Å²) >= 11 is 0. The molecule has 1 N–H and O–H groups in total. The number of rotatable bonds is 5. The Balaban J connectivity index is 2.17. The molecule has 18 heavy (non-hydrogen) atoms. The van der Waals surface area contributed by atoms with Gasteiger partial charge in [-0.3, -0.25) is 0 Å². The molecule has 1 aliphatic rings. The van der Waals surface area contributed by atoms with Gasteiger partial charge in [0.2, 0.25) is 0 Å². The van der Waals surface area contributed by atoms with E-state index in [-0.39, 0.29) is 0 Å². The van der Waals surface area contributed by atoms with Crippen LogP contribution < -0.4 is 5.32 Å². The summed E-state index contributed by atoms with van der Waals surface area (Å²) in [6, 6.07) is 0. The molecule has 0 bridgehead atoms. The van der Waals surface area contributed by atoms with Crippen LogP contribution in [0.1, 0.15) is 63.7 Å². The molecule has 102 valence electrons. The van der Waals surface area contributed by atoms with E-state index in [0.29, 0.717) is 5.92 Å². The van der Waals surface area contributed by atoms with E-state index in [1.807, 2.05) is 0 Å². The monoisotopic (exact) mass is 249 g/mol. The van der Waals surface area contributed by atoms with Gasteiger partial charge >= 0.3 is 0 Å². The van der Waals surface area contributed by atoms with Crippen molar-refractivity contribution in [3.05, 3.63) is 17.2 Å². The Morgan fingerprint density at radius 1 is 1.28 bits per heavy atom. The Labute approximate surface area is 111 Å². The molecule has 0 amide bonds. The lowest BCUT2D eigenvalue weighted by molar-refractivity contribution is 0.486. The fraction of sp³-hybridized carbons (Fsp3) is 0.800. The second-order valence-corrected chi connectivity index (χ2v) is 6.13. The molecule has 2 heterocycles. The maximum atomic E-state index is 4.85. The van der Waals surface area contributed by atoms with Gasteiger partial charge in [-0.2, -0.15) is 0 Å². The summed E-state index contributed by atoms with van der Waals surface area (Å²) < 4.78 is 2.50. The Hall–Kier alpha value is -0.830. The zero-order valence-corrected chi connectivity index (χ0v) is 12.3. The van der Waals surface area contributed by atoms with Crippen LogP contribution in [-0.4, -0.2) is 16.1 Å². The number of hydrogen-bond donors (Lipinski definition) is 1. The van der Waals surface area contributed by atoms with E-state index in [4.69, 9.17) is 4.98 Å². The van der Waals surface area contributed by atoms with E-state index in [1.54, 1.807) is 0 Å². The number of imidazole rings is 1. The minimum absolute atomic E-state index is 0.523. The van der Waals surface area contributed by atoms with Gasteiger partial charge in [0.05, 0.1) is 5.69 Å². The van der Waals surface area contributed by atoms with Gasteiger partial charge in [0.25, 0.3) is 0 Å². The summed E-state index contributed by atoms with van der Waals surface area (Å²) in [5.74, 6) is 2.61. The lowest BCUT2D eigenvalue weighted by atomic mass is 10.1. The normalized spacial score (nSPS) is 15.4. The van der Waals surface area contributed by atoms with Gasteiger partial charge in [-0.05, 0) is 18.8 Å². The first-order valence-electron chi connectivity index (χ1n) is 7.38. The maximum absolute atomic E-state index is 4.85. The quantitative estimate of drug-likeness (QED) is 0.869. The molecule has 1 aliphatic heterocycles. The van der Waals surface area contributed by atoms with Crippen LogP contribution in [0.15, 0.2) is 0 Å². The molecule has 0 fully saturated rings. The van der Waals surface area contributed by atoms with Crippen molar-refractivity contribution < 1.29 is 0 Å². The van der Waals surface area contributed by atoms with Gasteiger partial charge in [0.1, 0.15) is 5.82 Å². The zero-order chi connectivity index (χ0) is 13.1.